The third-order valence-corrected chi connectivity index (χ3v) is 13.6. The summed E-state index contributed by atoms with van der Waals surface area (Å²) in [5.74, 6) is 0.498. The van der Waals surface area contributed by atoms with Crippen molar-refractivity contribution in [1.29, 1.82) is 0 Å². The summed E-state index contributed by atoms with van der Waals surface area (Å²) in [5, 5.41) is 0. The first-order valence-electron chi connectivity index (χ1n) is 15.3. The van der Waals surface area contributed by atoms with E-state index in [4.69, 9.17) is 9.57 Å². The van der Waals surface area contributed by atoms with E-state index in [1.165, 1.54) is 19.6 Å². The van der Waals surface area contributed by atoms with Crippen LogP contribution in [0.5, 0.6) is 0 Å². The minimum absolute atomic E-state index is 0.0498. The number of nitrogens with one attached hydrogen (secondary N) is 1. The van der Waals surface area contributed by atoms with Crippen LogP contribution in [0.2, 0.25) is 0 Å². The summed E-state index contributed by atoms with van der Waals surface area (Å²) < 4.78 is 5.84. The highest BCUT2D eigenvalue weighted by molar-refractivity contribution is 5.95. The zero-order chi connectivity index (χ0) is 28.8. The molecule has 218 valence electrons. The Morgan fingerprint density at radius 3 is 2.23 bits per heavy atom. The van der Waals surface area contributed by atoms with Crippen LogP contribution in [-0.4, -0.2) is 30.9 Å². The van der Waals surface area contributed by atoms with E-state index in [0.29, 0.717) is 5.92 Å². The number of fused-ring (bicyclic) bond motifs is 7. The maximum atomic E-state index is 14.5. The van der Waals surface area contributed by atoms with E-state index in [0.717, 1.165) is 57.8 Å². The molecule has 5 rings (SSSR count). The smallest absolute Gasteiger partial charge is 0.302 e. The summed E-state index contributed by atoms with van der Waals surface area (Å²) in [6.07, 6.45) is 10.5. The predicted octanol–water partition coefficient (Wildman–Crippen LogP) is 6.58. The Morgan fingerprint density at radius 1 is 0.923 bits per heavy atom. The van der Waals surface area contributed by atoms with Gasteiger partial charge in [-0.1, -0.05) is 54.0 Å². The lowest BCUT2D eigenvalue weighted by Gasteiger charge is -2.70. The van der Waals surface area contributed by atoms with Gasteiger partial charge in [0, 0.05) is 23.7 Å². The van der Waals surface area contributed by atoms with Gasteiger partial charge in [0.05, 0.1) is 7.11 Å². The number of hydroxylamine groups is 1. The van der Waals surface area contributed by atoms with Crippen molar-refractivity contribution in [2.24, 2.45) is 50.2 Å². The van der Waals surface area contributed by atoms with E-state index in [1.54, 1.807) is 0 Å². The number of amides is 1. The van der Waals surface area contributed by atoms with Crippen LogP contribution in [-0.2, 0) is 24.0 Å². The molecule has 1 amide bonds. The van der Waals surface area contributed by atoms with E-state index in [9.17, 15) is 14.4 Å². The van der Waals surface area contributed by atoms with Crippen LogP contribution >= 0.6 is 0 Å². The van der Waals surface area contributed by atoms with Crippen LogP contribution in [0.25, 0.3) is 0 Å². The number of ether oxygens (including phenoxy) is 1. The van der Waals surface area contributed by atoms with Crippen molar-refractivity contribution in [3.8, 4) is 0 Å². The molecule has 0 aromatic heterocycles. The van der Waals surface area contributed by atoms with Gasteiger partial charge in [-0.15, -0.1) is 0 Å². The molecule has 5 aliphatic carbocycles. The summed E-state index contributed by atoms with van der Waals surface area (Å²) >= 11 is 0. The Morgan fingerprint density at radius 2 is 1.59 bits per heavy atom. The summed E-state index contributed by atoms with van der Waals surface area (Å²) in [6, 6.07) is 0. The Bertz CT molecular complexity index is 1110. The maximum Gasteiger partial charge on any atom is 0.302 e. The first-order chi connectivity index (χ1) is 18.0. The van der Waals surface area contributed by atoms with E-state index < -0.39 is 5.41 Å². The van der Waals surface area contributed by atoms with Crippen LogP contribution in [0.4, 0.5) is 0 Å². The third-order valence-electron chi connectivity index (χ3n) is 13.6. The van der Waals surface area contributed by atoms with Crippen LogP contribution in [0.1, 0.15) is 113 Å². The molecule has 0 radical (unpaired) electrons. The van der Waals surface area contributed by atoms with E-state index in [-0.39, 0.29) is 62.7 Å². The second-order valence-electron chi connectivity index (χ2n) is 15.8. The minimum atomic E-state index is -0.511. The Balaban J connectivity index is 1.56. The van der Waals surface area contributed by atoms with Crippen molar-refractivity contribution in [3.05, 3.63) is 11.6 Å². The Labute approximate surface area is 235 Å². The molecular formula is C33H51NO5. The van der Waals surface area contributed by atoms with E-state index in [1.807, 2.05) is 0 Å². The van der Waals surface area contributed by atoms with Crippen LogP contribution in [0.3, 0.4) is 0 Å². The van der Waals surface area contributed by atoms with Crippen molar-refractivity contribution in [1.82, 2.24) is 5.48 Å². The zero-order valence-electron chi connectivity index (χ0n) is 25.8. The van der Waals surface area contributed by atoms with Gasteiger partial charge in [0.15, 0.2) is 5.78 Å². The normalized spacial score (nSPS) is 48.4. The summed E-state index contributed by atoms with van der Waals surface area (Å²) in [6.45, 7) is 17.7. The fourth-order valence-corrected chi connectivity index (χ4v) is 11.0. The van der Waals surface area contributed by atoms with E-state index in [2.05, 4.69) is 60.0 Å². The molecule has 1 unspecified atom stereocenters. The SMILES string of the molecule is CONC(=O)[C@@]1(C)CC[C@]2(C)CC[C@]3(C)C(=CC(=O)[C@@H]4[C@@]5(C)CC[C@@H](OC(C)=O)C(C)(C)C5CC[C@]43C)[C@H]2C1. The predicted molar refractivity (Wildman–Crippen MR) is 150 cm³/mol. The number of hydrogen-bond donors (Lipinski definition) is 1. The lowest BCUT2D eigenvalue weighted by atomic mass is 9.33. The molecule has 0 heterocycles. The van der Waals surface area contributed by atoms with Gasteiger partial charge in [-0.05, 0) is 97.4 Å². The number of rotatable bonds is 3. The van der Waals surface area contributed by atoms with Crippen LogP contribution < -0.4 is 5.48 Å². The molecule has 1 N–H and O–H groups in total. The molecule has 0 spiro atoms. The highest BCUT2D eigenvalue weighted by Crippen LogP contribution is 2.75. The molecular weight excluding hydrogens is 490 g/mol. The van der Waals surface area contributed by atoms with Gasteiger partial charge in [-0.2, -0.15) is 0 Å². The fraction of sp³-hybridized carbons (Fsp3) is 0.848. The van der Waals surface area contributed by atoms with Gasteiger partial charge in [-0.3, -0.25) is 19.2 Å². The van der Waals surface area contributed by atoms with Gasteiger partial charge in [0.1, 0.15) is 6.10 Å². The first-order valence-corrected chi connectivity index (χ1v) is 15.3. The Kier molecular flexibility index (Phi) is 6.58. The molecule has 4 fully saturated rings. The van der Waals surface area contributed by atoms with Gasteiger partial charge in [0.25, 0.3) is 0 Å². The summed E-state index contributed by atoms with van der Waals surface area (Å²) in [4.78, 5) is 44.5. The zero-order valence-corrected chi connectivity index (χ0v) is 25.8. The number of ketones is 1. The van der Waals surface area contributed by atoms with Crippen molar-refractivity contribution < 1.29 is 24.0 Å². The summed E-state index contributed by atoms with van der Waals surface area (Å²) in [7, 11) is 1.49. The molecule has 4 saturated carbocycles. The van der Waals surface area contributed by atoms with Crippen molar-refractivity contribution in [3.63, 3.8) is 0 Å². The number of allylic oxidation sites excluding steroid dienone is 2. The summed E-state index contributed by atoms with van der Waals surface area (Å²) in [5.41, 5.74) is 2.95. The molecule has 0 aromatic rings. The lowest BCUT2D eigenvalue weighted by molar-refractivity contribution is -0.210. The molecule has 0 aliphatic heterocycles. The monoisotopic (exact) mass is 541 g/mol. The highest BCUT2D eigenvalue weighted by Gasteiger charge is 2.70. The van der Waals surface area contributed by atoms with Gasteiger partial charge in [0.2, 0.25) is 5.91 Å². The molecule has 9 atom stereocenters. The molecule has 39 heavy (non-hydrogen) atoms. The molecule has 6 heteroatoms. The number of esters is 1. The standard InChI is InChI=1S/C33H51NO5/c1-20(35)39-25-11-12-31(6)24(28(25,2)3)10-13-33(8)26(31)23(36)18-21-22-19-30(5,27(37)34-38-9)15-14-29(22,4)16-17-32(21,33)7/h18,22,24-26H,10-17,19H2,1-9H3,(H,34,37)/t22-,24?,25-,26-,29-,30+,31+,32-,33-/m1/s1. The fourth-order valence-electron chi connectivity index (χ4n) is 11.0. The molecule has 0 bridgehead atoms. The largest absolute Gasteiger partial charge is 0.462 e. The Hall–Kier alpha value is -1.69. The van der Waals surface area contributed by atoms with Crippen LogP contribution in [0, 0.1) is 50.2 Å². The quantitative estimate of drug-likeness (QED) is 0.323. The average molecular weight is 542 g/mol. The van der Waals surface area contributed by atoms with E-state index >= 15 is 0 Å². The topological polar surface area (TPSA) is 81.7 Å². The highest BCUT2D eigenvalue weighted by atomic mass is 16.6. The molecule has 6 nitrogen and oxygen atoms in total. The van der Waals surface area contributed by atoms with Gasteiger partial charge < -0.3 is 4.74 Å². The first kappa shape index (κ1) is 28.8. The minimum Gasteiger partial charge on any atom is -0.462 e. The second-order valence-corrected chi connectivity index (χ2v) is 15.8. The van der Waals surface area contributed by atoms with Crippen LogP contribution in [0.15, 0.2) is 11.6 Å². The van der Waals surface area contributed by atoms with Gasteiger partial charge in [-0.25, -0.2) is 5.48 Å². The molecule has 0 saturated heterocycles. The number of carbonyl (C=O) groups is 3. The van der Waals surface area contributed by atoms with Crippen molar-refractivity contribution >= 4 is 17.7 Å². The van der Waals surface area contributed by atoms with Crippen molar-refractivity contribution in [2.45, 2.75) is 119 Å². The number of carbonyl (C=O) groups excluding carboxylic acids is 3. The number of hydrogen-bond acceptors (Lipinski definition) is 5. The third kappa shape index (κ3) is 3.85. The van der Waals surface area contributed by atoms with Gasteiger partial charge >= 0.3 is 5.97 Å². The molecule has 5 aliphatic rings. The molecule has 0 aromatic carbocycles. The van der Waals surface area contributed by atoms with Crippen molar-refractivity contribution in [2.75, 3.05) is 7.11 Å². The second kappa shape index (κ2) is 8.90. The average Bonchev–Trinajstić information content (AvgIpc) is 2.83. The lowest BCUT2D eigenvalue weighted by Crippen LogP contribution is -2.66. The maximum absolute atomic E-state index is 14.5.